The first-order valence-electron chi connectivity index (χ1n) is 12.2. The maximum atomic E-state index is 4.33. The predicted octanol–water partition coefficient (Wildman–Crippen LogP) is 7.88. The van der Waals surface area contributed by atoms with Crippen LogP contribution in [0.5, 0.6) is 0 Å². The molecular formula is C27H47N5. The van der Waals surface area contributed by atoms with E-state index >= 15 is 0 Å². The Bertz CT molecular complexity index is 778. The highest BCUT2D eigenvalue weighted by Crippen LogP contribution is 2.18. The Morgan fingerprint density at radius 3 is 2.00 bits per heavy atom. The first-order valence-corrected chi connectivity index (χ1v) is 12.2. The summed E-state index contributed by atoms with van der Waals surface area (Å²) in [6.07, 6.45) is 11.9. The van der Waals surface area contributed by atoms with Crippen LogP contribution in [0.15, 0.2) is 43.4 Å². The smallest absolute Gasteiger partial charge is 0.0949 e. The zero-order chi connectivity index (χ0) is 24.5. The summed E-state index contributed by atoms with van der Waals surface area (Å²) in [5, 5.41) is 0. The molecule has 0 bridgehead atoms. The third kappa shape index (κ3) is 12.4. The fourth-order valence-corrected chi connectivity index (χ4v) is 2.60. The lowest BCUT2D eigenvalue weighted by Gasteiger charge is -2.08. The summed E-state index contributed by atoms with van der Waals surface area (Å²) < 4.78 is 2.18. The van der Waals surface area contributed by atoms with E-state index in [9.17, 15) is 0 Å². The summed E-state index contributed by atoms with van der Waals surface area (Å²) in [5.74, 6) is 1.68. The van der Waals surface area contributed by atoms with Gasteiger partial charge in [0.15, 0.2) is 0 Å². The standard InChI is InChI=1S/C11H17N.C10H18N2.C4H6N2.C2H6/c1-8(2)10-5-6-12-11(7-10)9(3)4;1-4-5-6-12-7-10(9(2)3)11-8-12;1-4-2-5-3-6-4;1-2/h5-9H,1-4H3;7-9H,4-6H2,1-3H3;2-3H,1H3,(H,5,6);1-2H3. The van der Waals surface area contributed by atoms with Crippen molar-refractivity contribution >= 4 is 0 Å². The average Bonchev–Trinajstić information content (AvgIpc) is 3.46. The van der Waals surface area contributed by atoms with Crippen LogP contribution in [-0.2, 0) is 6.54 Å². The van der Waals surface area contributed by atoms with Gasteiger partial charge in [-0.25, -0.2) is 9.97 Å². The van der Waals surface area contributed by atoms with Gasteiger partial charge in [-0.05, 0) is 48.8 Å². The molecule has 1 N–H and O–H groups in total. The molecule has 0 radical (unpaired) electrons. The van der Waals surface area contributed by atoms with E-state index in [4.69, 9.17) is 0 Å². The molecule has 3 aromatic rings. The van der Waals surface area contributed by atoms with Gasteiger partial charge in [-0.3, -0.25) is 4.98 Å². The number of aromatic nitrogens is 5. The monoisotopic (exact) mass is 441 g/mol. The van der Waals surface area contributed by atoms with Crippen LogP contribution in [0.25, 0.3) is 0 Å². The van der Waals surface area contributed by atoms with E-state index in [1.807, 2.05) is 33.3 Å². The Morgan fingerprint density at radius 1 is 0.938 bits per heavy atom. The van der Waals surface area contributed by atoms with Crippen LogP contribution < -0.4 is 0 Å². The number of unbranched alkanes of at least 4 members (excludes halogenated alkanes) is 1. The molecule has 3 heterocycles. The van der Waals surface area contributed by atoms with Gasteiger partial charge in [-0.2, -0.15) is 0 Å². The molecule has 0 aliphatic heterocycles. The molecule has 0 spiro atoms. The summed E-state index contributed by atoms with van der Waals surface area (Å²) in [4.78, 5) is 15.3. The van der Waals surface area contributed by atoms with Crippen molar-refractivity contribution in [1.82, 2.24) is 24.5 Å². The molecule has 0 saturated heterocycles. The Morgan fingerprint density at radius 2 is 1.59 bits per heavy atom. The second-order valence-electron chi connectivity index (χ2n) is 8.60. The lowest BCUT2D eigenvalue weighted by Crippen LogP contribution is -1.95. The van der Waals surface area contributed by atoms with Crippen LogP contribution in [0.3, 0.4) is 0 Å². The fraction of sp³-hybridized carbons (Fsp3) is 0.593. The molecule has 5 nitrogen and oxygen atoms in total. The second-order valence-corrected chi connectivity index (χ2v) is 8.60. The number of imidazole rings is 2. The molecule has 3 aromatic heterocycles. The van der Waals surface area contributed by atoms with Crippen molar-refractivity contribution in [1.29, 1.82) is 0 Å². The number of aryl methyl sites for hydroxylation is 2. The van der Waals surface area contributed by atoms with Gasteiger partial charge in [0.1, 0.15) is 0 Å². The lowest BCUT2D eigenvalue weighted by molar-refractivity contribution is 0.630. The molecule has 180 valence electrons. The van der Waals surface area contributed by atoms with Crippen molar-refractivity contribution in [2.24, 2.45) is 0 Å². The van der Waals surface area contributed by atoms with Gasteiger partial charge in [0, 0.05) is 36.5 Å². The molecule has 0 saturated carbocycles. The number of aromatic amines is 1. The van der Waals surface area contributed by atoms with E-state index in [1.165, 1.54) is 29.8 Å². The van der Waals surface area contributed by atoms with Crippen molar-refractivity contribution in [3.8, 4) is 0 Å². The maximum Gasteiger partial charge on any atom is 0.0949 e. The van der Waals surface area contributed by atoms with Gasteiger partial charge in [0.25, 0.3) is 0 Å². The van der Waals surface area contributed by atoms with Crippen LogP contribution >= 0.6 is 0 Å². The minimum atomic E-state index is 0.531. The Kier molecular flexibility index (Phi) is 15.9. The van der Waals surface area contributed by atoms with Crippen LogP contribution in [0.4, 0.5) is 0 Å². The Labute approximate surface area is 197 Å². The second kappa shape index (κ2) is 17.2. The molecule has 0 fully saturated rings. The molecule has 3 rings (SSSR count). The summed E-state index contributed by atoms with van der Waals surface area (Å²) in [5.41, 5.74) is 4.89. The minimum absolute atomic E-state index is 0.531. The van der Waals surface area contributed by atoms with E-state index in [0.29, 0.717) is 17.8 Å². The van der Waals surface area contributed by atoms with E-state index in [2.05, 4.69) is 91.3 Å². The highest BCUT2D eigenvalue weighted by Gasteiger charge is 2.04. The summed E-state index contributed by atoms with van der Waals surface area (Å²) >= 11 is 0. The number of pyridine rings is 1. The summed E-state index contributed by atoms with van der Waals surface area (Å²) in [6.45, 7) is 22.4. The van der Waals surface area contributed by atoms with Gasteiger partial charge in [0.05, 0.1) is 18.3 Å². The summed E-state index contributed by atoms with van der Waals surface area (Å²) in [7, 11) is 0. The topological polar surface area (TPSA) is 59.4 Å². The van der Waals surface area contributed by atoms with Crippen LogP contribution in [0.2, 0.25) is 0 Å². The van der Waals surface area contributed by atoms with Crippen molar-refractivity contribution in [2.45, 2.75) is 106 Å². The van der Waals surface area contributed by atoms with E-state index in [1.54, 1.807) is 12.5 Å². The van der Waals surface area contributed by atoms with Gasteiger partial charge in [0.2, 0.25) is 0 Å². The third-order valence-corrected chi connectivity index (χ3v) is 4.71. The molecule has 0 atom stereocenters. The molecule has 32 heavy (non-hydrogen) atoms. The average molecular weight is 442 g/mol. The quantitative estimate of drug-likeness (QED) is 0.423. The zero-order valence-electron chi connectivity index (χ0n) is 22.2. The fourth-order valence-electron chi connectivity index (χ4n) is 2.60. The van der Waals surface area contributed by atoms with Gasteiger partial charge in [-0.1, -0.05) is 68.7 Å². The predicted molar refractivity (Wildman–Crippen MR) is 138 cm³/mol. The number of rotatable bonds is 6. The van der Waals surface area contributed by atoms with Crippen molar-refractivity contribution in [2.75, 3.05) is 0 Å². The SMILES string of the molecule is CC.CC(C)c1ccnc(C(C)C)c1.CCCCn1cnc(C(C)C)c1.Cc1cnc[nH]1. The van der Waals surface area contributed by atoms with Crippen LogP contribution in [-0.4, -0.2) is 24.5 Å². The third-order valence-electron chi connectivity index (χ3n) is 4.71. The first kappa shape index (κ1) is 29.6. The molecule has 5 heteroatoms. The minimum Gasteiger partial charge on any atom is -0.349 e. The van der Waals surface area contributed by atoms with Crippen LogP contribution in [0, 0.1) is 6.92 Å². The van der Waals surface area contributed by atoms with E-state index in [-0.39, 0.29) is 0 Å². The number of hydrogen-bond donors (Lipinski definition) is 1. The normalized spacial score (nSPS) is 10.2. The number of nitrogens with one attached hydrogen (secondary N) is 1. The number of hydrogen-bond acceptors (Lipinski definition) is 3. The number of H-pyrrole nitrogens is 1. The molecule has 0 aliphatic rings. The Hall–Kier alpha value is -2.43. The van der Waals surface area contributed by atoms with Gasteiger partial charge in [-0.15, -0.1) is 0 Å². The van der Waals surface area contributed by atoms with Crippen molar-refractivity contribution in [3.63, 3.8) is 0 Å². The molecule has 0 aliphatic carbocycles. The van der Waals surface area contributed by atoms with Crippen LogP contribution in [0.1, 0.15) is 116 Å². The van der Waals surface area contributed by atoms with Gasteiger partial charge < -0.3 is 9.55 Å². The maximum absolute atomic E-state index is 4.33. The largest absolute Gasteiger partial charge is 0.349 e. The van der Waals surface area contributed by atoms with E-state index in [0.717, 1.165) is 12.2 Å². The Balaban J connectivity index is 0.000000454. The molecular weight excluding hydrogens is 394 g/mol. The highest BCUT2D eigenvalue weighted by molar-refractivity contribution is 5.21. The van der Waals surface area contributed by atoms with Gasteiger partial charge >= 0.3 is 0 Å². The first-order chi connectivity index (χ1) is 15.2. The zero-order valence-corrected chi connectivity index (χ0v) is 22.2. The van der Waals surface area contributed by atoms with Crippen molar-refractivity contribution < 1.29 is 0 Å². The van der Waals surface area contributed by atoms with E-state index < -0.39 is 0 Å². The summed E-state index contributed by atoms with van der Waals surface area (Å²) in [6, 6.07) is 4.30. The number of nitrogens with zero attached hydrogens (tertiary/aromatic N) is 4. The highest BCUT2D eigenvalue weighted by atomic mass is 15.0. The molecule has 0 amide bonds. The van der Waals surface area contributed by atoms with Crippen molar-refractivity contribution in [3.05, 3.63) is 66.0 Å². The molecule has 0 unspecified atom stereocenters. The molecule has 0 aromatic carbocycles. The lowest BCUT2D eigenvalue weighted by atomic mass is 10.0.